The van der Waals surface area contributed by atoms with Crippen LogP contribution in [-0.2, 0) is 0 Å². The summed E-state index contributed by atoms with van der Waals surface area (Å²) in [5.41, 5.74) is 4.81. The highest BCUT2D eigenvalue weighted by molar-refractivity contribution is 7.17. The second-order valence-electron chi connectivity index (χ2n) is 4.39. The first kappa shape index (κ1) is 10.5. The van der Waals surface area contributed by atoms with Crippen molar-refractivity contribution in [3.05, 3.63) is 46.6 Å². The third kappa shape index (κ3) is 1.67. The summed E-state index contributed by atoms with van der Waals surface area (Å²) in [6, 6.07) is 8.48. The van der Waals surface area contributed by atoms with Crippen LogP contribution in [0.5, 0.6) is 0 Å². The lowest BCUT2D eigenvalue weighted by Gasteiger charge is -1.97. The number of hydrogen-bond acceptors (Lipinski definition) is 2. The van der Waals surface area contributed by atoms with Gasteiger partial charge >= 0.3 is 0 Å². The minimum Gasteiger partial charge on any atom is -0.294 e. The van der Waals surface area contributed by atoms with E-state index in [1.165, 1.54) is 21.7 Å². The van der Waals surface area contributed by atoms with Gasteiger partial charge in [0.25, 0.3) is 0 Å². The van der Waals surface area contributed by atoms with Gasteiger partial charge in [0.1, 0.15) is 0 Å². The predicted molar refractivity (Wildman–Crippen MR) is 72.7 cm³/mol. The van der Waals surface area contributed by atoms with E-state index < -0.39 is 0 Å². The Morgan fingerprint density at radius 1 is 1.18 bits per heavy atom. The van der Waals surface area contributed by atoms with Gasteiger partial charge in [-0.15, -0.1) is 11.3 Å². The lowest BCUT2D eigenvalue weighted by molar-refractivity contribution is 1.11. The molecular formula is C14H14N2S. The molecule has 2 aromatic heterocycles. The monoisotopic (exact) mass is 242 g/mol. The van der Waals surface area contributed by atoms with Crippen LogP contribution in [0.1, 0.15) is 16.1 Å². The summed E-state index contributed by atoms with van der Waals surface area (Å²) in [6.45, 7) is 6.39. The molecule has 1 aromatic carbocycles. The number of benzene rings is 1. The van der Waals surface area contributed by atoms with Crippen molar-refractivity contribution < 1.29 is 0 Å². The molecule has 0 aliphatic carbocycles. The van der Waals surface area contributed by atoms with Gasteiger partial charge in [-0.05, 0) is 26.8 Å². The van der Waals surface area contributed by atoms with Crippen LogP contribution < -0.4 is 0 Å². The van der Waals surface area contributed by atoms with Crippen LogP contribution >= 0.6 is 11.3 Å². The zero-order valence-electron chi connectivity index (χ0n) is 10.2. The van der Waals surface area contributed by atoms with Gasteiger partial charge in [0.15, 0.2) is 4.96 Å². The normalized spacial score (nSPS) is 11.2. The van der Waals surface area contributed by atoms with Crippen molar-refractivity contribution in [2.45, 2.75) is 20.8 Å². The Labute approximate surface area is 105 Å². The van der Waals surface area contributed by atoms with Crippen molar-refractivity contribution >= 4 is 16.3 Å². The zero-order valence-corrected chi connectivity index (χ0v) is 11.0. The molecule has 0 atom stereocenters. The van der Waals surface area contributed by atoms with Crippen LogP contribution in [0.2, 0.25) is 0 Å². The fourth-order valence-corrected chi connectivity index (χ4v) is 2.95. The number of imidazole rings is 1. The number of aryl methyl sites for hydroxylation is 3. The van der Waals surface area contributed by atoms with Crippen LogP contribution in [0.4, 0.5) is 0 Å². The van der Waals surface area contributed by atoms with E-state index in [9.17, 15) is 0 Å². The molecule has 3 heteroatoms. The number of nitrogens with zero attached hydrogens (tertiary/aromatic N) is 2. The average Bonchev–Trinajstić information content (AvgIpc) is 2.81. The lowest BCUT2D eigenvalue weighted by atomic mass is 10.1. The summed E-state index contributed by atoms with van der Waals surface area (Å²) >= 11 is 1.75. The standard InChI is InChI=1S/C14H14N2S/c1-9-5-4-6-12(7-9)13-8-16-10(2)11(3)17-14(16)15-13/h4-8H,1-3H3. The number of thiazole rings is 1. The van der Waals surface area contributed by atoms with Gasteiger partial charge in [0.05, 0.1) is 5.69 Å². The molecular weight excluding hydrogens is 228 g/mol. The van der Waals surface area contributed by atoms with Gasteiger partial charge in [-0.2, -0.15) is 0 Å². The molecule has 0 fully saturated rings. The molecule has 0 spiro atoms. The first-order chi connectivity index (χ1) is 8.15. The van der Waals surface area contributed by atoms with E-state index in [1.807, 2.05) is 0 Å². The summed E-state index contributed by atoms with van der Waals surface area (Å²) in [5.74, 6) is 0. The molecule has 0 aliphatic heterocycles. The van der Waals surface area contributed by atoms with Crippen LogP contribution in [-0.4, -0.2) is 9.38 Å². The third-order valence-corrected chi connectivity index (χ3v) is 4.17. The molecule has 0 bridgehead atoms. The Bertz CT molecular complexity index is 691. The summed E-state index contributed by atoms with van der Waals surface area (Å²) in [5, 5.41) is 0. The lowest BCUT2D eigenvalue weighted by Crippen LogP contribution is -1.82. The van der Waals surface area contributed by atoms with E-state index in [2.05, 4.69) is 60.6 Å². The minimum absolute atomic E-state index is 1.06. The Hall–Kier alpha value is -1.61. The second kappa shape index (κ2) is 3.70. The molecule has 2 heterocycles. The second-order valence-corrected chi connectivity index (χ2v) is 5.57. The molecule has 0 radical (unpaired) electrons. The van der Waals surface area contributed by atoms with E-state index in [4.69, 9.17) is 0 Å². The van der Waals surface area contributed by atoms with Crippen LogP contribution in [0.3, 0.4) is 0 Å². The van der Waals surface area contributed by atoms with Crippen LogP contribution in [0.25, 0.3) is 16.2 Å². The quantitative estimate of drug-likeness (QED) is 0.630. The molecule has 3 rings (SSSR count). The first-order valence-electron chi connectivity index (χ1n) is 5.67. The van der Waals surface area contributed by atoms with Gasteiger partial charge in [-0.25, -0.2) is 4.98 Å². The molecule has 0 unspecified atom stereocenters. The molecule has 0 N–H and O–H groups in total. The Balaban J connectivity index is 2.19. The number of aromatic nitrogens is 2. The molecule has 0 aliphatic rings. The fourth-order valence-electron chi connectivity index (χ4n) is 2.00. The summed E-state index contributed by atoms with van der Waals surface area (Å²) in [7, 11) is 0. The summed E-state index contributed by atoms with van der Waals surface area (Å²) in [6.07, 6.45) is 2.13. The molecule has 2 nitrogen and oxygen atoms in total. The first-order valence-corrected chi connectivity index (χ1v) is 6.49. The zero-order chi connectivity index (χ0) is 12.0. The van der Waals surface area contributed by atoms with E-state index in [0.29, 0.717) is 0 Å². The predicted octanol–water partition coefficient (Wildman–Crippen LogP) is 3.99. The van der Waals surface area contributed by atoms with Gasteiger partial charge < -0.3 is 0 Å². The number of hydrogen-bond donors (Lipinski definition) is 0. The summed E-state index contributed by atoms with van der Waals surface area (Å²) < 4.78 is 2.18. The Morgan fingerprint density at radius 3 is 2.71 bits per heavy atom. The van der Waals surface area contributed by atoms with E-state index >= 15 is 0 Å². The number of rotatable bonds is 1. The van der Waals surface area contributed by atoms with Gasteiger partial charge in [-0.1, -0.05) is 23.8 Å². The SMILES string of the molecule is Cc1cccc(-c2cn3c(C)c(C)sc3n2)c1. The largest absolute Gasteiger partial charge is 0.294 e. The average molecular weight is 242 g/mol. The van der Waals surface area contributed by atoms with Crippen molar-refractivity contribution in [3.63, 3.8) is 0 Å². The van der Waals surface area contributed by atoms with Crippen molar-refractivity contribution in [2.24, 2.45) is 0 Å². The molecule has 0 saturated carbocycles. The van der Waals surface area contributed by atoms with E-state index in [-0.39, 0.29) is 0 Å². The van der Waals surface area contributed by atoms with Crippen LogP contribution in [0, 0.1) is 20.8 Å². The highest BCUT2D eigenvalue weighted by Crippen LogP contribution is 2.26. The third-order valence-electron chi connectivity index (χ3n) is 3.10. The van der Waals surface area contributed by atoms with Gasteiger partial charge in [0.2, 0.25) is 0 Å². The van der Waals surface area contributed by atoms with E-state index in [1.54, 1.807) is 11.3 Å². The maximum Gasteiger partial charge on any atom is 0.194 e. The Kier molecular flexibility index (Phi) is 2.30. The molecule has 0 amide bonds. The highest BCUT2D eigenvalue weighted by atomic mass is 32.1. The molecule has 0 saturated heterocycles. The van der Waals surface area contributed by atoms with Gasteiger partial charge in [0, 0.05) is 22.3 Å². The fraction of sp³-hybridized carbons (Fsp3) is 0.214. The maximum absolute atomic E-state index is 4.69. The van der Waals surface area contributed by atoms with Crippen LogP contribution in [0.15, 0.2) is 30.5 Å². The van der Waals surface area contributed by atoms with Crippen molar-refractivity contribution in [1.82, 2.24) is 9.38 Å². The molecule has 86 valence electrons. The Morgan fingerprint density at radius 2 is 2.00 bits per heavy atom. The van der Waals surface area contributed by atoms with E-state index in [0.717, 1.165) is 10.7 Å². The van der Waals surface area contributed by atoms with Crippen molar-refractivity contribution in [2.75, 3.05) is 0 Å². The maximum atomic E-state index is 4.69. The smallest absolute Gasteiger partial charge is 0.194 e. The molecule has 17 heavy (non-hydrogen) atoms. The minimum atomic E-state index is 1.06. The van der Waals surface area contributed by atoms with Gasteiger partial charge in [-0.3, -0.25) is 4.40 Å². The topological polar surface area (TPSA) is 17.3 Å². The van der Waals surface area contributed by atoms with Crippen molar-refractivity contribution in [1.29, 1.82) is 0 Å². The van der Waals surface area contributed by atoms with Crippen molar-refractivity contribution in [3.8, 4) is 11.3 Å². The highest BCUT2D eigenvalue weighted by Gasteiger charge is 2.09. The molecule has 3 aromatic rings. The number of fused-ring (bicyclic) bond motifs is 1. The summed E-state index contributed by atoms with van der Waals surface area (Å²) in [4.78, 5) is 7.10.